The normalized spacial score (nSPS) is 10.1. The quantitative estimate of drug-likeness (QED) is 0.601. The Bertz CT molecular complexity index is 760. The molecule has 7 nitrogen and oxygen atoms in total. The third-order valence-electron chi connectivity index (χ3n) is 3.58. The fourth-order valence-corrected chi connectivity index (χ4v) is 2.33. The number of benzene rings is 2. The molecule has 2 aromatic carbocycles. The van der Waals surface area contributed by atoms with E-state index in [2.05, 4.69) is 0 Å². The number of para-hydroxylation sites is 1. The monoisotopic (exact) mass is 330 g/mol. The number of nitrogens with zero attached hydrogens (tertiary/aromatic N) is 2. The molecule has 0 aliphatic rings. The average Bonchev–Trinajstić information content (AvgIpc) is 2.60. The number of hydrogen-bond acceptors (Lipinski definition) is 5. The Morgan fingerprint density at radius 2 is 1.88 bits per heavy atom. The van der Waals surface area contributed by atoms with Crippen LogP contribution in [0.4, 0.5) is 5.69 Å². The molecule has 0 unspecified atom stereocenters. The molecule has 0 radical (unpaired) electrons. The molecule has 2 aromatic rings. The minimum absolute atomic E-state index is 0.0150. The van der Waals surface area contributed by atoms with Crippen LogP contribution in [0.2, 0.25) is 0 Å². The van der Waals surface area contributed by atoms with E-state index in [1.165, 1.54) is 25.2 Å². The summed E-state index contributed by atoms with van der Waals surface area (Å²) in [6, 6.07) is 11.2. The number of rotatable bonds is 6. The van der Waals surface area contributed by atoms with Crippen molar-refractivity contribution in [2.24, 2.45) is 0 Å². The lowest BCUT2D eigenvalue weighted by atomic mass is 10.1. The van der Waals surface area contributed by atoms with Crippen LogP contribution in [0.5, 0.6) is 11.5 Å². The number of hydrogen-bond donors (Lipinski definition) is 0. The predicted molar refractivity (Wildman–Crippen MR) is 88.4 cm³/mol. The predicted octanol–water partition coefficient (Wildman–Crippen LogP) is 2.88. The smallest absolute Gasteiger partial charge is 0.274 e. The number of ether oxygens (including phenoxy) is 2. The first kappa shape index (κ1) is 17.3. The highest BCUT2D eigenvalue weighted by Gasteiger charge is 2.20. The molecule has 0 heterocycles. The van der Waals surface area contributed by atoms with Crippen molar-refractivity contribution >= 4 is 11.6 Å². The summed E-state index contributed by atoms with van der Waals surface area (Å²) in [7, 11) is 4.58. The van der Waals surface area contributed by atoms with Gasteiger partial charge < -0.3 is 14.4 Å². The molecule has 0 spiro atoms. The van der Waals surface area contributed by atoms with Gasteiger partial charge in [-0.1, -0.05) is 18.2 Å². The van der Waals surface area contributed by atoms with Gasteiger partial charge in [-0.25, -0.2) is 0 Å². The first-order chi connectivity index (χ1) is 11.5. The maximum atomic E-state index is 12.6. The summed E-state index contributed by atoms with van der Waals surface area (Å²) in [4.78, 5) is 24.7. The van der Waals surface area contributed by atoms with Crippen LogP contribution in [0.25, 0.3) is 0 Å². The lowest BCUT2D eigenvalue weighted by molar-refractivity contribution is -0.385. The van der Waals surface area contributed by atoms with E-state index in [1.807, 2.05) is 0 Å². The SMILES string of the molecule is COc1ccc(C(=O)N(C)Cc2ccccc2[N+](=O)[O-])c(OC)c1. The van der Waals surface area contributed by atoms with E-state index < -0.39 is 4.92 Å². The molecule has 0 fully saturated rings. The molecule has 0 saturated carbocycles. The minimum atomic E-state index is -0.457. The van der Waals surface area contributed by atoms with E-state index >= 15 is 0 Å². The Hall–Kier alpha value is -3.09. The number of methoxy groups -OCH3 is 2. The first-order valence-electron chi connectivity index (χ1n) is 7.17. The Labute approximate surface area is 139 Å². The van der Waals surface area contributed by atoms with Gasteiger partial charge in [0.25, 0.3) is 11.6 Å². The van der Waals surface area contributed by atoms with Gasteiger partial charge in [0.2, 0.25) is 0 Å². The summed E-state index contributed by atoms with van der Waals surface area (Å²) in [5.74, 6) is 0.658. The zero-order valence-electron chi connectivity index (χ0n) is 13.7. The highest BCUT2D eigenvalue weighted by Crippen LogP contribution is 2.26. The van der Waals surface area contributed by atoms with Crippen molar-refractivity contribution in [2.75, 3.05) is 21.3 Å². The Balaban J connectivity index is 2.26. The zero-order chi connectivity index (χ0) is 17.7. The molecule has 7 heteroatoms. The van der Waals surface area contributed by atoms with E-state index in [0.29, 0.717) is 22.6 Å². The molecule has 24 heavy (non-hydrogen) atoms. The largest absolute Gasteiger partial charge is 0.497 e. The van der Waals surface area contributed by atoms with E-state index in [4.69, 9.17) is 9.47 Å². The molecule has 0 saturated heterocycles. The van der Waals surface area contributed by atoms with Gasteiger partial charge in [0.15, 0.2) is 0 Å². The van der Waals surface area contributed by atoms with Crippen LogP contribution in [0.1, 0.15) is 15.9 Å². The van der Waals surface area contributed by atoms with Gasteiger partial charge in [-0.2, -0.15) is 0 Å². The van der Waals surface area contributed by atoms with Crippen LogP contribution in [-0.4, -0.2) is 37.0 Å². The van der Waals surface area contributed by atoms with Crippen LogP contribution >= 0.6 is 0 Å². The van der Waals surface area contributed by atoms with Crippen molar-refractivity contribution in [1.29, 1.82) is 0 Å². The van der Waals surface area contributed by atoms with E-state index in [9.17, 15) is 14.9 Å². The molecule has 0 bridgehead atoms. The van der Waals surface area contributed by atoms with Crippen LogP contribution < -0.4 is 9.47 Å². The van der Waals surface area contributed by atoms with Crippen molar-refractivity contribution in [1.82, 2.24) is 4.90 Å². The summed E-state index contributed by atoms with van der Waals surface area (Å²) < 4.78 is 10.3. The van der Waals surface area contributed by atoms with Crippen molar-refractivity contribution in [3.63, 3.8) is 0 Å². The first-order valence-corrected chi connectivity index (χ1v) is 7.17. The van der Waals surface area contributed by atoms with Gasteiger partial charge in [-0.3, -0.25) is 14.9 Å². The minimum Gasteiger partial charge on any atom is -0.497 e. The molecule has 126 valence electrons. The topological polar surface area (TPSA) is 81.9 Å². The molecule has 0 aromatic heterocycles. The third kappa shape index (κ3) is 3.62. The molecule has 1 amide bonds. The van der Waals surface area contributed by atoms with Gasteiger partial charge in [0, 0.05) is 24.7 Å². The highest BCUT2D eigenvalue weighted by atomic mass is 16.6. The molecule has 0 atom stereocenters. The Morgan fingerprint density at radius 3 is 2.50 bits per heavy atom. The number of carbonyl (C=O) groups excluding carboxylic acids is 1. The third-order valence-corrected chi connectivity index (χ3v) is 3.58. The van der Waals surface area contributed by atoms with Crippen molar-refractivity contribution in [3.05, 3.63) is 63.7 Å². The zero-order valence-corrected chi connectivity index (χ0v) is 13.7. The molecule has 2 rings (SSSR count). The average molecular weight is 330 g/mol. The summed E-state index contributed by atoms with van der Waals surface area (Å²) >= 11 is 0. The van der Waals surface area contributed by atoms with Crippen LogP contribution in [0.3, 0.4) is 0 Å². The van der Waals surface area contributed by atoms with Gasteiger partial charge in [-0.05, 0) is 12.1 Å². The Morgan fingerprint density at radius 1 is 1.17 bits per heavy atom. The van der Waals surface area contributed by atoms with E-state index in [-0.39, 0.29) is 18.1 Å². The van der Waals surface area contributed by atoms with Crippen molar-refractivity contribution in [2.45, 2.75) is 6.54 Å². The molecule has 0 aliphatic heterocycles. The molecular weight excluding hydrogens is 312 g/mol. The van der Waals surface area contributed by atoms with Crippen LogP contribution in [-0.2, 0) is 6.54 Å². The number of nitro benzene ring substituents is 1. The van der Waals surface area contributed by atoms with Gasteiger partial charge >= 0.3 is 0 Å². The highest BCUT2D eigenvalue weighted by molar-refractivity contribution is 5.97. The van der Waals surface area contributed by atoms with Gasteiger partial charge in [0.1, 0.15) is 11.5 Å². The second-order valence-corrected chi connectivity index (χ2v) is 5.11. The Kier molecular flexibility index (Phi) is 5.36. The maximum absolute atomic E-state index is 12.6. The fraction of sp³-hybridized carbons (Fsp3) is 0.235. The lowest BCUT2D eigenvalue weighted by Crippen LogP contribution is -2.27. The van der Waals surface area contributed by atoms with Crippen LogP contribution in [0, 0.1) is 10.1 Å². The second-order valence-electron chi connectivity index (χ2n) is 5.11. The summed E-state index contributed by atoms with van der Waals surface area (Å²) in [6.07, 6.45) is 0. The van der Waals surface area contributed by atoms with Crippen molar-refractivity contribution in [3.8, 4) is 11.5 Å². The summed E-state index contributed by atoms with van der Waals surface area (Å²) in [5.41, 5.74) is 0.809. The second kappa shape index (κ2) is 7.45. The summed E-state index contributed by atoms with van der Waals surface area (Å²) in [5, 5.41) is 11.1. The molecule has 0 aliphatic carbocycles. The standard InChI is InChI=1S/C17H18N2O5/c1-18(11-12-6-4-5-7-15(12)19(21)22)17(20)14-9-8-13(23-2)10-16(14)24-3/h4-10H,11H2,1-3H3. The number of nitro groups is 1. The van der Waals surface area contributed by atoms with Crippen molar-refractivity contribution < 1.29 is 19.2 Å². The summed E-state index contributed by atoms with van der Waals surface area (Å²) in [6.45, 7) is 0.116. The number of amides is 1. The molecular formula is C17H18N2O5. The van der Waals surface area contributed by atoms with Gasteiger partial charge in [-0.15, -0.1) is 0 Å². The number of carbonyl (C=O) groups is 1. The molecule has 0 N–H and O–H groups in total. The van der Waals surface area contributed by atoms with E-state index in [0.717, 1.165) is 0 Å². The van der Waals surface area contributed by atoms with Crippen LogP contribution in [0.15, 0.2) is 42.5 Å². The van der Waals surface area contributed by atoms with Gasteiger partial charge in [0.05, 0.1) is 31.3 Å². The fourth-order valence-electron chi connectivity index (χ4n) is 2.33. The lowest BCUT2D eigenvalue weighted by Gasteiger charge is -2.19. The maximum Gasteiger partial charge on any atom is 0.274 e. The van der Waals surface area contributed by atoms with E-state index in [1.54, 1.807) is 43.4 Å².